The minimum Gasteiger partial charge on any atom is -0.377 e. The quantitative estimate of drug-likeness (QED) is 0.165. The van der Waals surface area contributed by atoms with Crippen LogP contribution >= 0.6 is 0 Å². The minimum atomic E-state index is -5.46. The van der Waals surface area contributed by atoms with Gasteiger partial charge in [0.25, 0.3) is 0 Å². The number of aryl methyl sites for hydroxylation is 1. The fraction of sp³-hybridized carbons (Fsp3) is 0.649. The van der Waals surface area contributed by atoms with Crippen molar-refractivity contribution in [3.05, 3.63) is 82.4 Å². The first-order chi connectivity index (χ1) is 50.2. The Kier molecular flexibility index (Phi) is 29.1. The molecule has 0 radical (unpaired) electrons. The van der Waals surface area contributed by atoms with Crippen molar-refractivity contribution in [2.45, 2.75) is 209 Å². The van der Waals surface area contributed by atoms with Crippen LogP contribution in [0, 0.1) is 23.5 Å². The lowest BCUT2D eigenvalue weighted by Gasteiger charge is -2.46. The standard InChI is InChI=1S/C74H102F8N12O13/c1-13-22-52-63(98)84-61(43(4)14-2)69(104)88(8)42-59(97)90(10)53-25-17-16-20-34-93(68(53)103)56(37-44-26-29-47(30-27-44)73(77,78)79)67(102)87(7)41-57(95)83-51(31-28-45-35-49(75)60(50(76)36-45)74(80,81)82)65(100)94-40-48(107-15-3)38-54(94)64(99)85-72(32-21-33-72)71(106)92(12)62(46-23-18-19-24-46)70(105)91(11)55(66(101)86(5)6)39-58(96)89(52)9/h16-17,26-27,29-30,35-36,43,46,48,51-56,61-62H,13-15,18-25,28,31-34,37-42H2,1-12H3,(H,83,95)(H,84,98)(H,85,99)/b17-16-/t43-,48+,51-,52-,53-,54-,55-,56-,61-,62-/m0/s1. The largest absolute Gasteiger partial charge is 0.422 e. The summed E-state index contributed by atoms with van der Waals surface area (Å²) in [4.78, 5) is 190. The van der Waals surface area contributed by atoms with Crippen LogP contribution in [-0.4, -0.2) is 264 Å². The predicted octanol–water partition coefficient (Wildman–Crippen LogP) is 5.49. The van der Waals surface area contributed by atoms with Crippen LogP contribution in [0.1, 0.15) is 146 Å². The molecule has 12 amide bonds. The van der Waals surface area contributed by atoms with Gasteiger partial charge in [-0.3, -0.25) is 57.5 Å². The molecule has 4 fully saturated rings. The number of halogens is 8. The Morgan fingerprint density at radius 1 is 0.664 bits per heavy atom. The number of benzene rings is 2. The summed E-state index contributed by atoms with van der Waals surface area (Å²) in [5, 5.41) is 8.24. The highest BCUT2D eigenvalue weighted by Gasteiger charge is 2.54. The highest BCUT2D eigenvalue weighted by molar-refractivity contribution is 6.01. The number of amides is 12. The van der Waals surface area contributed by atoms with Crippen LogP contribution in [0.2, 0.25) is 0 Å². The van der Waals surface area contributed by atoms with Crippen molar-refractivity contribution in [3.8, 4) is 0 Å². The zero-order valence-corrected chi connectivity index (χ0v) is 62.9. The van der Waals surface area contributed by atoms with Crippen molar-refractivity contribution in [3.63, 3.8) is 0 Å². The fourth-order valence-electron chi connectivity index (χ4n) is 14.9. The summed E-state index contributed by atoms with van der Waals surface area (Å²) in [5.74, 6) is -15.1. The molecular weight excluding hydrogens is 1420 g/mol. The Hall–Kier alpha value is -8.78. The van der Waals surface area contributed by atoms with Gasteiger partial charge in [-0.1, -0.05) is 70.7 Å². The van der Waals surface area contributed by atoms with Crippen molar-refractivity contribution in [1.29, 1.82) is 0 Å². The van der Waals surface area contributed by atoms with Crippen LogP contribution < -0.4 is 16.0 Å². The molecule has 2 bridgehead atoms. The van der Waals surface area contributed by atoms with Gasteiger partial charge in [0.1, 0.15) is 71.1 Å². The lowest BCUT2D eigenvalue weighted by atomic mass is 9.74. The van der Waals surface area contributed by atoms with E-state index in [0.717, 1.165) is 65.6 Å². The molecule has 2 aliphatic carbocycles. The van der Waals surface area contributed by atoms with Crippen LogP contribution in [0.3, 0.4) is 0 Å². The summed E-state index contributed by atoms with van der Waals surface area (Å²) in [7, 11) is 10.6. The predicted molar refractivity (Wildman–Crippen MR) is 374 cm³/mol. The van der Waals surface area contributed by atoms with E-state index in [1.54, 1.807) is 39.8 Å². The number of hydrogen-bond acceptors (Lipinski definition) is 13. The summed E-state index contributed by atoms with van der Waals surface area (Å²) in [6.07, 6.45) is -7.07. The number of fused-ring (bicyclic) bond motifs is 3. The Labute approximate surface area is 618 Å². The van der Waals surface area contributed by atoms with Gasteiger partial charge in [-0.2, -0.15) is 26.3 Å². The number of carbonyl (C=O) groups is 12. The molecule has 3 aliphatic heterocycles. The van der Waals surface area contributed by atoms with Crippen LogP contribution in [-0.2, 0) is 87.5 Å². The number of nitrogens with zero attached hydrogens (tertiary/aromatic N) is 9. The first kappa shape index (κ1) is 85.5. The van der Waals surface area contributed by atoms with Crippen LogP contribution in [0.15, 0.2) is 48.6 Å². The molecule has 0 aromatic heterocycles. The smallest absolute Gasteiger partial charge is 0.377 e. The molecule has 7 rings (SSSR count). The molecule has 2 aromatic rings. The summed E-state index contributed by atoms with van der Waals surface area (Å²) in [5.41, 5.74) is -5.25. The molecule has 2 saturated carbocycles. The Morgan fingerprint density at radius 2 is 1.29 bits per heavy atom. The summed E-state index contributed by atoms with van der Waals surface area (Å²) >= 11 is 0. The number of ether oxygens (including phenoxy) is 1. The second-order valence-corrected chi connectivity index (χ2v) is 29.2. The number of likely N-dealkylation sites (N-methyl/N-ethyl adjacent to an activating group) is 7. The Balaban J connectivity index is 1.35. The highest BCUT2D eigenvalue weighted by Crippen LogP contribution is 2.40. The number of hydrogen-bond donors (Lipinski definition) is 3. The van der Waals surface area contributed by atoms with E-state index in [2.05, 4.69) is 16.0 Å². The third kappa shape index (κ3) is 20.3. The molecular formula is C74H102F8N12O13. The zero-order chi connectivity index (χ0) is 79.5. The third-order valence-corrected chi connectivity index (χ3v) is 21.6. The van der Waals surface area contributed by atoms with Gasteiger partial charge in [0.05, 0.1) is 31.2 Å². The molecule has 0 unspecified atom stereocenters. The monoisotopic (exact) mass is 1520 g/mol. The number of alkyl halides is 6. The molecule has 33 heteroatoms. The average molecular weight is 1520 g/mol. The molecule has 592 valence electrons. The lowest BCUT2D eigenvalue weighted by molar-refractivity contribution is -0.157. The third-order valence-electron chi connectivity index (χ3n) is 21.6. The Bertz CT molecular complexity index is 3600. The maximum absolute atomic E-state index is 15.5. The molecule has 3 N–H and O–H groups in total. The molecule has 3 heterocycles. The summed E-state index contributed by atoms with van der Waals surface area (Å²) < 4.78 is 120. The van der Waals surface area contributed by atoms with E-state index >= 15 is 37.5 Å². The van der Waals surface area contributed by atoms with E-state index in [-0.39, 0.29) is 63.8 Å². The zero-order valence-electron chi connectivity index (χ0n) is 62.9. The van der Waals surface area contributed by atoms with E-state index in [1.807, 2.05) is 0 Å². The van der Waals surface area contributed by atoms with E-state index in [0.29, 0.717) is 57.1 Å². The summed E-state index contributed by atoms with van der Waals surface area (Å²) in [6.45, 7) is 4.67. The van der Waals surface area contributed by atoms with Crippen molar-refractivity contribution >= 4 is 70.9 Å². The van der Waals surface area contributed by atoms with Gasteiger partial charge in [-0.25, -0.2) is 8.78 Å². The SMILES string of the molecule is CCC[C@H]1C(=O)N[C@@H]([C@@H](C)CC)C(=O)N(C)CC(=O)N(C)[C@H]2C/C=C\CCN(C2=O)[C@@H](Cc2ccc(C(F)(F)F)cc2)C(=O)N(C)CC(=O)N[C@@H](CCc2cc(F)c(C(F)(F)F)c(F)c2)C(=O)N2C[C@H](OCC)C[C@H]2C(=O)NC2(CCC2)C(=O)N(C)[C@@H](C2CCCC2)C(=O)N(C)[C@H](C(=O)N(C)C)CC(=O)N1C. The van der Waals surface area contributed by atoms with Crippen molar-refractivity contribution in [2.24, 2.45) is 11.8 Å². The number of carbonyl (C=O) groups excluding carboxylic acids is 12. The first-order valence-corrected chi connectivity index (χ1v) is 36.5. The normalized spacial score (nSPS) is 26.2. The number of nitrogens with one attached hydrogen (secondary N) is 3. The van der Waals surface area contributed by atoms with E-state index in [4.69, 9.17) is 4.74 Å². The van der Waals surface area contributed by atoms with Gasteiger partial charge in [-0.05, 0) is 118 Å². The van der Waals surface area contributed by atoms with E-state index < -0.39 is 222 Å². The molecule has 2 aromatic carbocycles. The van der Waals surface area contributed by atoms with E-state index in [9.17, 15) is 55.1 Å². The van der Waals surface area contributed by atoms with Crippen LogP contribution in [0.25, 0.3) is 0 Å². The lowest BCUT2D eigenvalue weighted by Crippen LogP contribution is -2.68. The second-order valence-electron chi connectivity index (χ2n) is 29.2. The number of rotatable bonds is 13. The fourth-order valence-corrected chi connectivity index (χ4v) is 14.9. The molecule has 10 atom stereocenters. The summed E-state index contributed by atoms with van der Waals surface area (Å²) in [6, 6.07) is -7.27. The van der Waals surface area contributed by atoms with Crippen molar-refractivity contribution in [2.75, 3.05) is 89.2 Å². The molecule has 1 spiro atoms. The molecule has 25 nitrogen and oxygen atoms in total. The molecule has 5 aliphatic rings. The van der Waals surface area contributed by atoms with Crippen molar-refractivity contribution in [1.82, 2.24) is 60.0 Å². The van der Waals surface area contributed by atoms with Crippen molar-refractivity contribution < 1.29 is 97.4 Å². The molecule has 107 heavy (non-hydrogen) atoms. The highest BCUT2D eigenvalue weighted by atomic mass is 19.4. The maximum atomic E-state index is 15.5. The van der Waals surface area contributed by atoms with Gasteiger partial charge in [0.2, 0.25) is 70.9 Å². The van der Waals surface area contributed by atoms with Gasteiger partial charge in [-0.15, -0.1) is 0 Å². The van der Waals surface area contributed by atoms with Gasteiger partial charge < -0.3 is 64.8 Å². The molecule has 2 saturated heterocycles. The minimum absolute atomic E-state index is 0.0353. The van der Waals surface area contributed by atoms with Crippen LogP contribution in [0.5, 0.6) is 0 Å². The first-order valence-electron chi connectivity index (χ1n) is 36.5. The van der Waals surface area contributed by atoms with E-state index in [1.165, 1.54) is 59.1 Å². The maximum Gasteiger partial charge on any atom is 0.422 e. The van der Waals surface area contributed by atoms with Gasteiger partial charge in [0.15, 0.2) is 0 Å². The van der Waals surface area contributed by atoms with Gasteiger partial charge in [0, 0.05) is 88.9 Å². The topological polar surface area (TPSA) is 279 Å². The van der Waals surface area contributed by atoms with Crippen LogP contribution in [0.4, 0.5) is 35.1 Å². The second kappa shape index (κ2) is 36.4. The Morgan fingerprint density at radius 3 is 1.85 bits per heavy atom. The van der Waals surface area contributed by atoms with Gasteiger partial charge >= 0.3 is 12.4 Å². The average Bonchev–Trinajstić information content (AvgIpc) is 1.66.